The second-order valence-electron chi connectivity index (χ2n) is 4.35. The first kappa shape index (κ1) is 16.0. The van der Waals surface area contributed by atoms with Gasteiger partial charge in [-0.15, -0.1) is 0 Å². The van der Waals surface area contributed by atoms with Crippen molar-refractivity contribution in [1.29, 1.82) is 0 Å². The van der Waals surface area contributed by atoms with Crippen LogP contribution in [0.3, 0.4) is 0 Å². The minimum atomic E-state index is -5.06. The van der Waals surface area contributed by atoms with E-state index in [2.05, 4.69) is 4.98 Å². The van der Waals surface area contributed by atoms with E-state index in [4.69, 9.17) is 0 Å². The first-order valence-electron chi connectivity index (χ1n) is 5.82. The number of aromatic nitrogens is 1. The number of benzene rings is 1. The molecule has 21 heavy (non-hydrogen) atoms. The molecule has 0 aliphatic heterocycles. The van der Waals surface area contributed by atoms with Crippen molar-refractivity contribution >= 4 is 15.2 Å². The van der Waals surface area contributed by atoms with Crippen LogP contribution < -0.4 is 0 Å². The number of hydrogen-bond donors (Lipinski definition) is 4. The molecule has 9 heteroatoms. The van der Waals surface area contributed by atoms with Crippen molar-refractivity contribution in [3.05, 3.63) is 54.2 Å². The summed E-state index contributed by atoms with van der Waals surface area (Å²) in [7, 11) is -10.1. The standard InChI is InChI=1S/C12H13NO6P2/c14-20(15,16)12(21(17,18)19)10-6-2-1-5-9(10)11-7-3-4-8-13-11/h1-8,12H,(H2,14,15,16)(H2,17,18,19). The molecule has 0 fully saturated rings. The van der Waals surface area contributed by atoms with Crippen molar-refractivity contribution in [1.82, 2.24) is 4.98 Å². The van der Waals surface area contributed by atoms with Gasteiger partial charge in [0, 0.05) is 11.8 Å². The molecule has 0 bridgehead atoms. The van der Waals surface area contributed by atoms with Crippen LogP contribution in [0.2, 0.25) is 0 Å². The normalized spacial score (nSPS) is 12.6. The Morgan fingerprint density at radius 2 is 1.43 bits per heavy atom. The molecule has 0 unspecified atom stereocenters. The van der Waals surface area contributed by atoms with Crippen LogP contribution >= 0.6 is 15.2 Å². The van der Waals surface area contributed by atoms with Crippen LogP contribution in [-0.4, -0.2) is 24.6 Å². The highest BCUT2D eigenvalue weighted by Gasteiger charge is 2.45. The van der Waals surface area contributed by atoms with Gasteiger partial charge in [-0.3, -0.25) is 14.1 Å². The van der Waals surface area contributed by atoms with Gasteiger partial charge >= 0.3 is 15.2 Å². The summed E-state index contributed by atoms with van der Waals surface area (Å²) in [5.41, 5.74) is 0.521. The summed E-state index contributed by atoms with van der Waals surface area (Å²) in [6, 6.07) is 10.8. The monoisotopic (exact) mass is 329 g/mol. The molecule has 0 saturated carbocycles. The largest absolute Gasteiger partial charge is 0.345 e. The Morgan fingerprint density at radius 3 is 1.95 bits per heavy atom. The van der Waals surface area contributed by atoms with Crippen molar-refractivity contribution in [3.63, 3.8) is 0 Å². The molecule has 2 rings (SSSR count). The van der Waals surface area contributed by atoms with Gasteiger partial charge in [-0.25, -0.2) is 0 Å². The fourth-order valence-corrected chi connectivity index (χ4v) is 4.78. The fourth-order valence-electron chi connectivity index (χ4n) is 2.04. The van der Waals surface area contributed by atoms with Gasteiger partial charge in [0.1, 0.15) is 0 Å². The third-order valence-electron chi connectivity index (χ3n) is 2.82. The second kappa shape index (κ2) is 5.81. The highest BCUT2D eigenvalue weighted by Crippen LogP contribution is 2.70. The lowest BCUT2D eigenvalue weighted by atomic mass is 10.1. The zero-order valence-electron chi connectivity index (χ0n) is 10.6. The van der Waals surface area contributed by atoms with E-state index in [1.54, 1.807) is 24.3 Å². The lowest BCUT2D eigenvalue weighted by Gasteiger charge is -2.22. The summed E-state index contributed by atoms with van der Waals surface area (Å²) in [6.07, 6.45) is 1.48. The fraction of sp³-hybridized carbons (Fsp3) is 0.0833. The molecular weight excluding hydrogens is 316 g/mol. The maximum atomic E-state index is 11.5. The zero-order chi connectivity index (χ0) is 15.7. The van der Waals surface area contributed by atoms with E-state index in [0.29, 0.717) is 5.69 Å². The predicted molar refractivity (Wildman–Crippen MR) is 76.5 cm³/mol. The average Bonchev–Trinajstić information content (AvgIpc) is 2.37. The SMILES string of the molecule is O=P(O)(O)C(c1ccccc1-c1ccccn1)P(=O)(O)O. The first-order chi connectivity index (χ1) is 9.71. The van der Waals surface area contributed by atoms with Crippen LogP contribution in [0.15, 0.2) is 48.7 Å². The van der Waals surface area contributed by atoms with E-state index in [1.165, 1.54) is 24.4 Å². The van der Waals surface area contributed by atoms with E-state index in [1.807, 2.05) is 0 Å². The maximum Gasteiger partial charge on any atom is 0.345 e. The summed E-state index contributed by atoms with van der Waals surface area (Å²) in [6.45, 7) is 0. The zero-order valence-corrected chi connectivity index (χ0v) is 12.4. The summed E-state index contributed by atoms with van der Waals surface area (Å²) < 4.78 is 23.1. The smallest absolute Gasteiger partial charge is 0.324 e. The number of rotatable bonds is 4. The van der Waals surface area contributed by atoms with Crippen LogP contribution in [-0.2, 0) is 9.13 Å². The molecule has 0 spiro atoms. The van der Waals surface area contributed by atoms with Crippen LogP contribution in [0.25, 0.3) is 11.3 Å². The van der Waals surface area contributed by atoms with Gasteiger partial charge in [0.05, 0.1) is 5.69 Å². The van der Waals surface area contributed by atoms with Gasteiger partial charge < -0.3 is 19.6 Å². The van der Waals surface area contributed by atoms with Gasteiger partial charge in [-0.05, 0) is 17.7 Å². The molecule has 0 aliphatic rings. The number of hydrogen-bond acceptors (Lipinski definition) is 3. The number of pyridine rings is 1. The first-order valence-corrected chi connectivity index (χ1v) is 9.18. The molecule has 0 amide bonds. The number of nitrogens with zero attached hydrogens (tertiary/aromatic N) is 1. The van der Waals surface area contributed by atoms with E-state index in [9.17, 15) is 28.7 Å². The van der Waals surface area contributed by atoms with E-state index < -0.39 is 20.6 Å². The van der Waals surface area contributed by atoms with E-state index >= 15 is 0 Å². The van der Waals surface area contributed by atoms with Crippen LogP contribution in [0.1, 0.15) is 11.0 Å². The molecule has 0 atom stereocenters. The third kappa shape index (κ3) is 3.66. The van der Waals surface area contributed by atoms with Crippen molar-refractivity contribution in [2.45, 2.75) is 5.40 Å². The van der Waals surface area contributed by atoms with Crippen molar-refractivity contribution in [3.8, 4) is 11.3 Å². The summed E-state index contributed by atoms with van der Waals surface area (Å²) >= 11 is 0. The van der Waals surface area contributed by atoms with Crippen molar-refractivity contribution in [2.24, 2.45) is 0 Å². The summed E-state index contributed by atoms with van der Waals surface area (Å²) in [4.78, 5) is 41.4. The molecule has 4 N–H and O–H groups in total. The second-order valence-corrected chi connectivity index (χ2v) is 8.15. The molecule has 0 aliphatic carbocycles. The van der Waals surface area contributed by atoms with Crippen LogP contribution in [0.4, 0.5) is 0 Å². The predicted octanol–water partition coefficient (Wildman–Crippen LogP) is 2.10. The lowest BCUT2D eigenvalue weighted by molar-refractivity contribution is 0.340. The van der Waals surface area contributed by atoms with Crippen LogP contribution in [0, 0.1) is 0 Å². The van der Waals surface area contributed by atoms with Gasteiger partial charge in [0.2, 0.25) is 0 Å². The maximum absolute atomic E-state index is 11.5. The average molecular weight is 329 g/mol. The Balaban J connectivity index is 2.69. The molecule has 2 aromatic rings. The van der Waals surface area contributed by atoms with Gasteiger partial charge in [0.15, 0.2) is 5.40 Å². The van der Waals surface area contributed by atoms with Crippen molar-refractivity contribution < 1.29 is 28.7 Å². The summed E-state index contributed by atoms with van der Waals surface area (Å²) in [5.74, 6) is 0. The minimum Gasteiger partial charge on any atom is -0.324 e. The molecular formula is C12H13NO6P2. The summed E-state index contributed by atoms with van der Waals surface area (Å²) in [5, 5.41) is -2.21. The Bertz CT molecular complexity index is 702. The van der Waals surface area contributed by atoms with Gasteiger partial charge in [-0.1, -0.05) is 30.3 Å². The highest BCUT2D eigenvalue weighted by molar-refractivity contribution is 7.70. The van der Waals surface area contributed by atoms with Gasteiger partial charge in [-0.2, -0.15) is 0 Å². The molecule has 0 saturated heterocycles. The van der Waals surface area contributed by atoms with E-state index in [0.717, 1.165) is 0 Å². The van der Waals surface area contributed by atoms with Crippen LogP contribution in [0.5, 0.6) is 0 Å². The quantitative estimate of drug-likeness (QED) is 0.632. The Hall–Kier alpha value is -1.33. The highest BCUT2D eigenvalue weighted by atomic mass is 31.2. The molecule has 0 radical (unpaired) electrons. The topological polar surface area (TPSA) is 128 Å². The third-order valence-corrected chi connectivity index (χ3v) is 6.45. The van der Waals surface area contributed by atoms with E-state index in [-0.39, 0.29) is 11.1 Å². The minimum absolute atomic E-state index is 0.127. The van der Waals surface area contributed by atoms with Crippen molar-refractivity contribution in [2.75, 3.05) is 0 Å². The lowest BCUT2D eigenvalue weighted by Crippen LogP contribution is -2.03. The Labute approximate surface area is 120 Å². The molecule has 112 valence electrons. The Kier molecular flexibility index (Phi) is 4.44. The van der Waals surface area contributed by atoms with Gasteiger partial charge in [0.25, 0.3) is 0 Å². The molecule has 1 heterocycles. The molecule has 1 aromatic carbocycles. The molecule has 1 aromatic heterocycles. The molecule has 7 nitrogen and oxygen atoms in total. The Morgan fingerprint density at radius 1 is 0.857 bits per heavy atom.